The molecule has 0 atom stereocenters. The van der Waals surface area contributed by atoms with Gasteiger partial charge in [-0.15, -0.1) is 11.3 Å². The van der Waals surface area contributed by atoms with Crippen molar-refractivity contribution in [1.82, 2.24) is 9.88 Å². The highest BCUT2D eigenvalue weighted by Gasteiger charge is 2.17. The second kappa shape index (κ2) is 9.66. The number of likely N-dealkylation sites (tertiary alicyclic amines) is 1. The lowest BCUT2D eigenvalue weighted by Gasteiger charge is -2.29. The third-order valence-electron chi connectivity index (χ3n) is 4.68. The first kappa shape index (κ1) is 20.3. The number of amides is 2. The molecule has 1 aliphatic rings. The zero-order valence-electron chi connectivity index (χ0n) is 16.2. The Morgan fingerprint density at radius 2 is 2.07 bits per heavy atom. The van der Waals surface area contributed by atoms with Crippen LogP contribution < -0.4 is 10.6 Å². The Kier molecular flexibility index (Phi) is 7.00. The number of rotatable bonds is 6. The van der Waals surface area contributed by atoms with E-state index >= 15 is 0 Å². The maximum atomic E-state index is 12.5. The Hall–Kier alpha value is -2.45. The molecule has 2 aromatic rings. The zero-order valence-corrected chi connectivity index (χ0v) is 17.1. The van der Waals surface area contributed by atoms with Gasteiger partial charge in [-0.2, -0.15) is 0 Å². The lowest BCUT2D eigenvalue weighted by molar-refractivity contribution is 0.102. The first-order valence-corrected chi connectivity index (χ1v) is 10.4. The molecule has 7 nitrogen and oxygen atoms in total. The largest absolute Gasteiger partial charge is 0.450 e. The number of aromatic nitrogens is 1. The van der Waals surface area contributed by atoms with Gasteiger partial charge in [0.05, 0.1) is 12.3 Å². The first-order chi connectivity index (χ1) is 13.5. The molecule has 8 heteroatoms. The third kappa shape index (κ3) is 5.77. The predicted octanol–water partition coefficient (Wildman–Crippen LogP) is 4.20. The Bertz CT molecular complexity index is 815. The SMILES string of the molecule is CCOC(=O)Nc1cccc(C(=O)Nc2nc(CN3CCC(C)CC3)cs2)c1. The van der Waals surface area contributed by atoms with Crippen molar-refractivity contribution in [2.24, 2.45) is 5.92 Å². The van der Waals surface area contributed by atoms with Gasteiger partial charge in [0.1, 0.15) is 0 Å². The second-order valence-electron chi connectivity index (χ2n) is 6.98. The van der Waals surface area contributed by atoms with E-state index < -0.39 is 6.09 Å². The summed E-state index contributed by atoms with van der Waals surface area (Å²) in [6.07, 6.45) is 1.91. The number of carbonyl (C=O) groups excluding carboxylic acids is 2. The normalized spacial score (nSPS) is 15.2. The van der Waals surface area contributed by atoms with Gasteiger partial charge in [-0.25, -0.2) is 9.78 Å². The molecule has 28 heavy (non-hydrogen) atoms. The monoisotopic (exact) mass is 402 g/mol. The molecule has 1 fully saturated rings. The highest BCUT2D eigenvalue weighted by atomic mass is 32.1. The van der Waals surface area contributed by atoms with Crippen LogP contribution in [0.5, 0.6) is 0 Å². The second-order valence-corrected chi connectivity index (χ2v) is 7.84. The highest BCUT2D eigenvalue weighted by molar-refractivity contribution is 7.14. The number of anilines is 2. The molecule has 0 aliphatic carbocycles. The molecule has 1 aromatic carbocycles. The number of piperidine rings is 1. The molecular formula is C20H26N4O3S. The Labute approximate surface area is 169 Å². The van der Waals surface area contributed by atoms with Gasteiger partial charge in [0, 0.05) is 23.2 Å². The summed E-state index contributed by atoms with van der Waals surface area (Å²) < 4.78 is 4.85. The minimum atomic E-state index is -0.545. The molecule has 1 saturated heterocycles. The molecule has 2 heterocycles. The number of thiazole rings is 1. The summed E-state index contributed by atoms with van der Waals surface area (Å²) >= 11 is 1.42. The van der Waals surface area contributed by atoms with Crippen LogP contribution in [0.1, 0.15) is 42.7 Å². The van der Waals surface area contributed by atoms with E-state index in [-0.39, 0.29) is 12.5 Å². The topological polar surface area (TPSA) is 83.6 Å². The summed E-state index contributed by atoms with van der Waals surface area (Å²) in [5, 5.41) is 8.00. The van der Waals surface area contributed by atoms with E-state index in [2.05, 4.69) is 27.4 Å². The smallest absolute Gasteiger partial charge is 0.411 e. The highest BCUT2D eigenvalue weighted by Crippen LogP contribution is 2.22. The molecule has 0 saturated carbocycles. The van der Waals surface area contributed by atoms with E-state index in [1.807, 2.05) is 5.38 Å². The third-order valence-corrected chi connectivity index (χ3v) is 5.49. The van der Waals surface area contributed by atoms with Crippen molar-refractivity contribution in [2.75, 3.05) is 30.3 Å². The average Bonchev–Trinajstić information content (AvgIpc) is 3.11. The molecule has 2 N–H and O–H groups in total. The predicted molar refractivity (Wildman–Crippen MR) is 111 cm³/mol. The lowest BCUT2D eigenvalue weighted by Crippen LogP contribution is -2.32. The van der Waals surface area contributed by atoms with E-state index in [9.17, 15) is 9.59 Å². The first-order valence-electron chi connectivity index (χ1n) is 9.55. The van der Waals surface area contributed by atoms with Crippen LogP contribution in [0.25, 0.3) is 0 Å². The molecule has 0 unspecified atom stereocenters. The maximum absolute atomic E-state index is 12.5. The van der Waals surface area contributed by atoms with Crippen molar-refractivity contribution in [2.45, 2.75) is 33.2 Å². The average molecular weight is 403 g/mol. The number of nitrogens with one attached hydrogen (secondary N) is 2. The fourth-order valence-corrected chi connectivity index (χ4v) is 3.78. The molecular weight excluding hydrogens is 376 g/mol. The molecule has 0 bridgehead atoms. The molecule has 3 rings (SSSR count). The quantitative estimate of drug-likeness (QED) is 0.757. The zero-order chi connectivity index (χ0) is 19.9. The summed E-state index contributed by atoms with van der Waals surface area (Å²) in [6, 6.07) is 6.71. The molecule has 1 aliphatic heterocycles. The van der Waals surface area contributed by atoms with Crippen LogP contribution in [0.15, 0.2) is 29.6 Å². The summed E-state index contributed by atoms with van der Waals surface area (Å²) in [7, 11) is 0. The van der Waals surface area contributed by atoms with Gasteiger partial charge >= 0.3 is 6.09 Å². The van der Waals surface area contributed by atoms with Crippen molar-refractivity contribution >= 4 is 34.2 Å². The van der Waals surface area contributed by atoms with E-state index in [0.717, 1.165) is 31.2 Å². The number of nitrogens with zero attached hydrogens (tertiary/aromatic N) is 2. The summed E-state index contributed by atoms with van der Waals surface area (Å²) in [6.45, 7) is 7.33. The number of carbonyl (C=O) groups is 2. The molecule has 0 radical (unpaired) electrons. The van der Waals surface area contributed by atoms with Gasteiger partial charge in [0.15, 0.2) is 5.13 Å². The van der Waals surface area contributed by atoms with Gasteiger partial charge in [-0.1, -0.05) is 13.0 Å². The van der Waals surface area contributed by atoms with Crippen molar-refractivity contribution in [3.63, 3.8) is 0 Å². The van der Waals surface area contributed by atoms with E-state index in [4.69, 9.17) is 4.74 Å². The van der Waals surface area contributed by atoms with Gasteiger partial charge in [0.2, 0.25) is 0 Å². The maximum Gasteiger partial charge on any atom is 0.411 e. The van der Waals surface area contributed by atoms with Crippen molar-refractivity contribution in [1.29, 1.82) is 0 Å². The molecule has 0 spiro atoms. The molecule has 1 aromatic heterocycles. The van der Waals surface area contributed by atoms with Crippen LogP contribution in [0.3, 0.4) is 0 Å². The minimum absolute atomic E-state index is 0.264. The van der Waals surface area contributed by atoms with E-state index in [1.165, 1.54) is 24.2 Å². The number of benzene rings is 1. The van der Waals surface area contributed by atoms with Crippen LogP contribution in [-0.4, -0.2) is 41.6 Å². The lowest BCUT2D eigenvalue weighted by atomic mass is 9.99. The fourth-order valence-electron chi connectivity index (χ4n) is 3.08. The van der Waals surface area contributed by atoms with E-state index in [0.29, 0.717) is 16.4 Å². The van der Waals surface area contributed by atoms with Gasteiger partial charge in [-0.3, -0.25) is 20.3 Å². The van der Waals surface area contributed by atoms with Gasteiger partial charge in [0.25, 0.3) is 5.91 Å². The van der Waals surface area contributed by atoms with Gasteiger partial charge in [-0.05, 0) is 57.0 Å². The number of ether oxygens (including phenoxy) is 1. The standard InChI is InChI=1S/C20H26N4O3S/c1-3-27-20(26)22-16-6-4-5-15(11-16)18(25)23-19-21-17(13-28-19)12-24-9-7-14(2)8-10-24/h4-6,11,13-14H,3,7-10,12H2,1-2H3,(H,22,26)(H,21,23,25). The van der Waals surface area contributed by atoms with Crippen molar-refractivity contribution < 1.29 is 14.3 Å². The van der Waals surface area contributed by atoms with Crippen LogP contribution >= 0.6 is 11.3 Å². The van der Waals surface area contributed by atoms with E-state index in [1.54, 1.807) is 31.2 Å². The van der Waals surface area contributed by atoms with Crippen molar-refractivity contribution in [3.8, 4) is 0 Å². The number of hydrogen-bond acceptors (Lipinski definition) is 6. The van der Waals surface area contributed by atoms with Crippen LogP contribution in [0.4, 0.5) is 15.6 Å². The Morgan fingerprint density at radius 3 is 2.82 bits per heavy atom. The van der Waals surface area contributed by atoms with Crippen LogP contribution in [-0.2, 0) is 11.3 Å². The summed E-state index contributed by atoms with van der Waals surface area (Å²) in [5.41, 5.74) is 1.92. The summed E-state index contributed by atoms with van der Waals surface area (Å²) in [4.78, 5) is 31.0. The molecule has 2 amide bonds. The Morgan fingerprint density at radius 1 is 1.29 bits per heavy atom. The summed E-state index contributed by atoms with van der Waals surface area (Å²) in [5.74, 6) is 0.538. The van der Waals surface area contributed by atoms with Crippen LogP contribution in [0, 0.1) is 5.92 Å². The Balaban J connectivity index is 1.56. The molecule has 150 valence electrons. The van der Waals surface area contributed by atoms with Gasteiger partial charge < -0.3 is 4.74 Å². The number of hydrogen-bond donors (Lipinski definition) is 2. The fraction of sp³-hybridized carbons (Fsp3) is 0.450. The van der Waals surface area contributed by atoms with Crippen molar-refractivity contribution in [3.05, 3.63) is 40.9 Å². The van der Waals surface area contributed by atoms with Crippen LogP contribution in [0.2, 0.25) is 0 Å². The minimum Gasteiger partial charge on any atom is -0.450 e.